The van der Waals surface area contributed by atoms with E-state index in [0.717, 1.165) is 19.4 Å². The number of aryl methyl sites for hydroxylation is 1. The van der Waals surface area contributed by atoms with Crippen LogP contribution in [0.4, 0.5) is 0 Å². The summed E-state index contributed by atoms with van der Waals surface area (Å²) in [6.45, 7) is 7.82. The lowest BCUT2D eigenvalue weighted by atomic mass is 9.74. The topological polar surface area (TPSA) is 30.9 Å². The first-order valence-electron chi connectivity index (χ1n) is 6.91. The number of nitrogens with two attached hydrogens (primary N) is 1. The van der Waals surface area contributed by atoms with Gasteiger partial charge < -0.3 is 10.3 Å². The summed E-state index contributed by atoms with van der Waals surface area (Å²) >= 11 is 1.79. The molecule has 2 nitrogen and oxygen atoms in total. The van der Waals surface area contributed by atoms with E-state index in [2.05, 4.69) is 48.4 Å². The highest BCUT2D eigenvalue weighted by atomic mass is 32.1. The highest BCUT2D eigenvalue weighted by Gasteiger charge is 2.32. The molecule has 3 heteroatoms. The van der Waals surface area contributed by atoms with E-state index >= 15 is 0 Å². The van der Waals surface area contributed by atoms with Gasteiger partial charge in [-0.2, -0.15) is 11.3 Å². The summed E-state index contributed by atoms with van der Waals surface area (Å²) in [6, 6.07) is 2.42. The van der Waals surface area contributed by atoms with E-state index < -0.39 is 0 Å². The van der Waals surface area contributed by atoms with Gasteiger partial charge in [0.2, 0.25) is 0 Å². The van der Waals surface area contributed by atoms with Gasteiger partial charge in [0, 0.05) is 24.5 Å². The second kappa shape index (κ2) is 4.50. The molecule has 0 aliphatic heterocycles. The number of aromatic nitrogens is 1. The molecular weight excluding hydrogens is 252 g/mol. The molecule has 1 aliphatic carbocycles. The third-order valence-corrected chi connectivity index (χ3v) is 5.14. The molecule has 3 rings (SSSR count). The molecule has 0 radical (unpaired) electrons. The molecule has 0 fully saturated rings. The van der Waals surface area contributed by atoms with Gasteiger partial charge in [0.25, 0.3) is 0 Å². The predicted octanol–water partition coefficient (Wildman–Crippen LogP) is 3.88. The molecule has 1 atom stereocenters. The van der Waals surface area contributed by atoms with Crippen LogP contribution in [-0.4, -0.2) is 4.57 Å². The van der Waals surface area contributed by atoms with Crippen molar-refractivity contribution in [1.29, 1.82) is 0 Å². The quantitative estimate of drug-likeness (QED) is 0.885. The van der Waals surface area contributed by atoms with Gasteiger partial charge in [-0.1, -0.05) is 13.8 Å². The van der Waals surface area contributed by atoms with Gasteiger partial charge in [-0.15, -0.1) is 0 Å². The maximum Gasteiger partial charge on any atom is 0.0483 e. The minimum atomic E-state index is 0.198. The second-order valence-electron chi connectivity index (χ2n) is 6.58. The van der Waals surface area contributed by atoms with Crippen LogP contribution in [0.25, 0.3) is 0 Å². The first-order chi connectivity index (χ1) is 8.96. The zero-order valence-electron chi connectivity index (χ0n) is 11.9. The third-order valence-electron chi connectivity index (χ3n) is 4.23. The Hall–Kier alpha value is -1.06. The van der Waals surface area contributed by atoms with Gasteiger partial charge in [0.15, 0.2) is 0 Å². The molecule has 102 valence electrons. The minimum Gasteiger partial charge on any atom is -0.347 e. The largest absolute Gasteiger partial charge is 0.347 e. The van der Waals surface area contributed by atoms with Crippen molar-refractivity contribution in [2.24, 2.45) is 11.1 Å². The van der Waals surface area contributed by atoms with Crippen LogP contribution in [0.2, 0.25) is 0 Å². The van der Waals surface area contributed by atoms with E-state index in [1.807, 2.05) is 0 Å². The van der Waals surface area contributed by atoms with E-state index in [1.54, 1.807) is 11.3 Å². The molecule has 0 spiro atoms. The summed E-state index contributed by atoms with van der Waals surface area (Å²) in [4.78, 5) is 0. The third kappa shape index (κ3) is 2.37. The monoisotopic (exact) mass is 274 g/mol. The predicted molar refractivity (Wildman–Crippen MR) is 81.6 cm³/mol. The Morgan fingerprint density at radius 2 is 2.21 bits per heavy atom. The van der Waals surface area contributed by atoms with Crippen LogP contribution < -0.4 is 5.73 Å². The van der Waals surface area contributed by atoms with E-state index in [4.69, 9.17) is 5.73 Å². The standard InChI is InChI=1S/C16H22N2S/c1-11-9-19-10-12(11)8-18-5-4-13-14(17)6-16(2,3)7-15(13)18/h4-5,9-10,14H,6-8,17H2,1-3H3. The average molecular weight is 274 g/mol. The fourth-order valence-electron chi connectivity index (χ4n) is 3.17. The van der Waals surface area contributed by atoms with Crippen LogP contribution in [-0.2, 0) is 13.0 Å². The average Bonchev–Trinajstić information content (AvgIpc) is 2.87. The molecule has 2 aromatic rings. The SMILES string of the molecule is Cc1cscc1Cn1ccc2c1CC(C)(C)CC2N. The normalized spacial score (nSPS) is 21.4. The number of hydrogen-bond donors (Lipinski definition) is 1. The van der Waals surface area contributed by atoms with E-state index in [-0.39, 0.29) is 6.04 Å². The Morgan fingerprint density at radius 3 is 2.89 bits per heavy atom. The highest BCUT2D eigenvalue weighted by Crippen LogP contribution is 2.40. The van der Waals surface area contributed by atoms with Crippen LogP contribution in [0.15, 0.2) is 23.0 Å². The fraction of sp³-hybridized carbons (Fsp3) is 0.500. The Labute approximate surface area is 119 Å². The molecule has 2 aromatic heterocycles. The van der Waals surface area contributed by atoms with Crippen LogP contribution in [0.5, 0.6) is 0 Å². The molecule has 0 saturated heterocycles. The van der Waals surface area contributed by atoms with Gasteiger partial charge in [0.05, 0.1) is 0 Å². The molecule has 0 amide bonds. The first-order valence-corrected chi connectivity index (χ1v) is 7.86. The van der Waals surface area contributed by atoms with Crippen LogP contribution in [0.1, 0.15) is 48.7 Å². The van der Waals surface area contributed by atoms with Crippen molar-refractivity contribution >= 4 is 11.3 Å². The number of hydrogen-bond acceptors (Lipinski definition) is 2. The maximum atomic E-state index is 6.33. The summed E-state index contributed by atoms with van der Waals surface area (Å²) in [5.74, 6) is 0. The maximum absolute atomic E-state index is 6.33. The number of rotatable bonds is 2. The molecule has 2 N–H and O–H groups in total. The Morgan fingerprint density at radius 1 is 1.42 bits per heavy atom. The van der Waals surface area contributed by atoms with Crippen molar-refractivity contribution in [2.45, 2.75) is 46.2 Å². The van der Waals surface area contributed by atoms with Crippen molar-refractivity contribution in [3.8, 4) is 0 Å². The lowest BCUT2D eigenvalue weighted by Crippen LogP contribution is -2.30. The zero-order valence-corrected chi connectivity index (χ0v) is 12.8. The van der Waals surface area contributed by atoms with Gasteiger partial charge in [-0.25, -0.2) is 0 Å². The first kappa shape index (κ1) is 12.9. The summed E-state index contributed by atoms with van der Waals surface area (Å²) < 4.78 is 2.39. The molecule has 1 aliphatic rings. The van der Waals surface area contributed by atoms with E-state index in [9.17, 15) is 0 Å². The van der Waals surface area contributed by atoms with Gasteiger partial charge >= 0.3 is 0 Å². The lowest BCUT2D eigenvalue weighted by Gasteiger charge is -2.34. The Bertz CT molecular complexity index is 592. The van der Waals surface area contributed by atoms with Gasteiger partial charge in [-0.3, -0.25) is 0 Å². The molecule has 0 bridgehead atoms. The summed E-state index contributed by atoms with van der Waals surface area (Å²) in [5.41, 5.74) is 12.3. The molecule has 0 saturated carbocycles. The van der Waals surface area contributed by atoms with Gasteiger partial charge in [-0.05, 0) is 58.7 Å². The Balaban J connectivity index is 1.95. The molecular formula is C16H22N2S. The van der Waals surface area contributed by atoms with Crippen molar-refractivity contribution < 1.29 is 0 Å². The van der Waals surface area contributed by atoms with E-state index in [0.29, 0.717) is 5.41 Å². The van der Waals surface area contributed by atoms with Crippen molar-refractivity contribution in [2.75, 3.05) is 0 Å². The molecule has 2 heterocycles. The van der Waals surface area contributed by atoms with Crippen molar-refractivity contribution in [1.82, 2.24) is 4.57 Å². The van der Waals surface area contributed by atoms with Crippen molar-refractivity contribution in [3.05, 3.63) is 45.4 Å². The van der Waals surface area contributed by atoms with Crippen LogP contribution in [0, 0.1) is 12.3 Å². The molecule has 19 heavy (non-hydrogen) atoms. The van der Waals surface area contributed by atoms with Crippen LogP contribution >= 0.6 is 11.3 Å². The zero-order chi connectivity index (χ0) is 13.6. The highest BCUT2D eigenvalue weighted by molar-refractivity contribution is 7.08. The second-order valence-corrected chi connectivity index (χ2v) is 7.32. The molecule has 1 unspecified atom stereocenters. The summed E-state index contributed by atoms with van der Waals surface area (Å²) in [5, 5.41) is 4.48. The summed E-state index contributed by atoms with van der Waals surface area (Å²) in [6.07, 6.45) is 4.43. The van der Waals surface area contributed by atoms with Crippen LogP contribution in [0.3, 0.4) is 0 Å². The minimum absolute atomic E-state index is 0.198. The number of thiophene rings is 1. The number of fused-ring (bicyclic) bond motifs is 1. The van der Waals surface area contributed by atoms with E-state index in [1.165, 1.54) is 22.4 Å². The van der Waals surface area contributed by atoms with Crippen molar-refractivity contribution in [3.63, 3.8) is 0 Å². The Kier molecular flexibility index (Phi) is 3.06. The van der Waals surface area contributed by atoms with Gasteiger partial charge in [0.1, 0.15) is 0 Å². The lowest BCUT2D eigenvalue weighted by molar-refractivity contribution is 0.276. The number of nitrogens with zero attached hydrogens (tertiary/aromatic N) is 1. The summed E-state index contributed by atoms with van der Waals surface area (Å²) in [7, 11) is 0. The molecule has 0 aromatic carbocycles. The fourth-order valence-corrected chi connectivity index (χ4v) is 4.02. The smallest absolute Gasteiger partial charge is 0.0483 e.